The number of amides is 1. The Morgan fingerprint density at radius 1 is 1.03 bits per heavy atom. The molecule has 3 aromatic rings. The summed E-state index contributed by atoms with van der Waals surface area (Å²) in [5.41, 5.74) is 2.41. The van der Waals surface area contributed by atoms with Crippen molar-refractivity contribution in [3.63, 3.8) is 0 Å². The van der Waals surface area contributed by atoms with E-state index in [4.69, 9.17) is 16.3 Å². The number of hydrogen-bond acceptors (Lipinski definition) is 3. The van der Waals surface area contributed by atoms with Crippen molar-refractivity contribution in [1.82, 2.24) is 0 Å². The molecule has 0 saturated heterocycles. The molecule has 1 heterocycles. The Morgan fingerprint density at radius 2 is 1.77 bits per heavy atom. The third-order valence-electron chi connectivity index (χ3n) is 5.45. The van der Waals surface area contributed by atoms with E-state index in [1.54, 1.807) is 11.0 Å². The average Bonchev–Trinajstić information content (AvgIpc) is 2.83. The van der Waals surface area contributed by atoms with Gasteiger partial charge in [0, 0.05) is 29.2 Å². The highest BCUT2D eigenvalue weighted by Crippen LogP contribution is 2.42. The van der Waals surface area contributed by atoms with Crippen molar-refractivity contribution >= 4 is 40.3 Å². The third-order valence-corrected chi connectivity index (χ3v) is 5.69. The second-order valence-corrected chi connectivity index (χ2v) is 9.60. The van der Waals surface area contributed by atoms with Crippen molar-refractivity contribution in [3.05, 3.63) is 76.8 Å². The Bertz CT molecular complexity index is 1130. The van der Waals surface area contributed by atoms with Gasteiger partial charge in [0.25, 0.3) is 5.91 Å². The van der Waals surface area contributed by atoms with Crippen molar-refractivity contribution < 1.29 is 14.3 Å². The molecule has 2 unspecified atom stereocenters. The van der Waals surface area contributed by atoms with Gasteiger partial charge in [0.05, 0.1) is 0 Å². The third kappa shape index (κ3) is 4.36. The zero-order valence-corrected chi connectivity index (χ0v) is 18.7. The minimum absolute atomic E-state index is 0.00244. The molecule has 0 aliphatic carbocycles. The highest BCUT2D eigenvalue weighted by molar-refractivity contribution is 6.30. The number of ether oxygens (including phenoxy) is 1. The number of carbonyl (C=O) groups is 2. The van der Waals surface area contributed by atoms with E-state index < -0.39 is 12.2 Å². The highest BCUT2D eigenvalue weighted by Gasteiger charge is 2.38. The molecular formula is C26H26ClNO3. The molecule has 4 rings (SSSR count). The van der Waals surface area contributed by atoms with E-state index in [0.717, 1.165) is 33.9 Å². The van der Waals surface area contributed by atoms with Crippen LogP contribution < -0.4 is 4.90 Å². The molecule has 0 radical (unpaired) electrons. The van der Waals surface area contributed by atoms with Gasteiger partial charge in [-0.05, 0) is 39.9 Å². The average molecular weight is 436 g/mol. The lowest BCUT2D eigenvalue weighted by molar-refractivity contribution is -0.134. The van der Waals surface area contributed by atoms with Gasteiger partial charge in [0.2, 0.25) is 0 Å². The summed E-state index contributed by atoms with van der Waals surface area (Å²) >= 11 is 6.40. The van der Waals surface area contributed by atoms with Gasteiger partial charge in [-0.3, -0.25) is 4.79 Å². The molecule has 1 aliphatic heterocycles. The number of hydrogen-bond donors (Lipinski definition) is 0. The molecule has 3 aromatic carbocycles. The summed E-state index contributed by atoms with van der Waals surface area (Å²) in [4.78, 5) is 26.7. The molecule has 5 heteroatoms. The number of anilines is 1. The van der Waals surface area contributed by atoms with Crippen LogP contribution in [0.3, 0.4) is 0 Å². The molecule has 4 nitrogen and oxygen atoms in total. The lowest BCUT2D eigenvalue weighted by atomic mass is 9.93. The van der Waals surface area contributed by atoms with Crippen molar-refractivity contribution in [2.45, 2.75) is 39.4 Å². The van der Waals surface area contributed by atoms with Gasteiger partial charge in [-0.25, -0.2) is 0 Å². The lowest BCUT2D eigenvalue weighted by Crippen LogP contribution is -2.43. The number of aldehydes is 1. The Labute approximate surface area is 187 Å². The van der Waals surface area contributed by atoms with Crippen LogP contribution in [0.15, 0.2) is 60.7 Å². The molecule has 160 valence electrons. The van der Waals surface area contributed by atoms with Crippen molar-refractivity contribution in [3.8, 4) is 0 Å². The second kappa shape index (κ2) is 8.45. The zero-order chi connectivity index (χ0) is 22.2. The summed E-state index contributed by atoms with van der Waals surface area (Å²) in [7, 11) is 0. The molecular weight excluding hydrogens is 410 g/mol. The lowest BCUT2D eigenvalue weighted by Gasteiger charge is -2.31. The largest absolute Gasteiger partial charge is 0.355 e. The predicted molar refractivity (Wildman–Crippen MR) is 125 cm³/mol. The minimum Gasteiger partial charge on any atom is -0.355 e. The van der Waals surface area contributed by atoms with Crippen LogP contribution in [0.4, 0.5) is 5.69 Å². The summed E-state index contributed by atoms with van der Waals surface area (Å²) in [6.07, 6.45) is -0.641. The zero-order valence-electron chi connectivity index (χ0n) is 18.0. The van der Waals surface area contributed by atoms with Gasteiger partial charge in [0.1, 0.15) is 18.5 Å². The van der Waals surface area contributed by atoms with E-state index in [-0.39, 0.29) is 17.7 Å². The first-order valence-electron chi connectivity index (χ1n) is 10.5. The first-order chi connectivity index (χ1) is 14.8. The molecule has 0 fully saturated rings. The van der Waals surface area contributed by atoms with E-state index in [0.29, 0.717) is 11.6 Å². The number of fused-ring (bicyclic) bond motifs is 2. The monoisotopic (exact) mass is 435 g/mol. The summed E-state index contributed by atoms with van der Waals surface area (Å²) in [6.45, 7) is 6.75. The maximum atomic E-state index is 13.5. The molecule has 31 heavy (non-hydrogen) atoms. The summed E-state index contributed by atoms with van der Waals surface area (Å²) in [5, 5.41) is 2.70. The van der Waals surface area contributed by atoms with Crippen molar-refractivity contribution in [2.24, 2.45) is 5.41 Å². The minimum atomic E-state index is -0.866. The van der Waals surface area contributed by atoms with Crippen molar-refractivity contribution in [1.29, 1.82) is 0 Å². The number of nitrogens with zero attached hydrogens (tertiary/aromatic N) is 1. The van der Waals surface area contributed by atoms with E-state index in [1.165, 1.54) is 0 Å². The van der Waals surface area contributed by atoms with Crippen LogP contribution in [-0.2, 0) is 14.3 Å². The molecule has 2 atom stereocenters. The van der Waals surface area contributed by atoms with Gasteiger partial charge in [0.15, 0.2) is 0 Å². The number of carbonyl (C=O) groups excluding carboxylic acids is 2. The second-order valence-electron chi connectivity index (χ2n) is 9.16. The quantitative estimate of drug-likeness (QED) is 0.476. The fourth-order valence-electron chi connectivity index (χ4n) is 4.17. The number of rotatable bonds is 4. The smallest absolute Gasteiger partial charge is 0.256 e. The molecule has 1 amide bonds. The van der Waals surface area contributed by atoms with Gasteiger partial charge < -0.3 is 14.4 Å². The Hall–Kier alpha value is -2.69. The van der Waals surface area contributed by atoms with E-state index in [2.05, 4.69) is 20.8 Å². The first-order valence-corrected chi connectivity index (χ1v) is 10.8. The highest BCUT2D eigenvalue weighted by atomic mass is 35.5. The van der Waals surface area contributed by atoms with Crippen LogP contribution >= 0.6 is 11.6 Å². The maximum absolute atomic E-state index is 13.5. The van der Waals surface area contributed by atoms with Crippen LogP contribution in [-0.4, -0.2) is 24.8 Å². The molecule has 1 aliphatic rings. The Balaban J connectivity index is 1.96. The molecule has 0 saturated carbocycles. The fourth-order valence-corrected chi connectivity index (χ4v) is 4.35. The van der Waals surface area contributed by atoms with Crippen LogP contribution in [0.25, 0.3) is 10.8 Å². The fraction of sp³-hybridized carbons (Fsp3) is 0.308. The summed E-state index contributed by atoms with van der Waals surface area (Å²) in [5.74, 6) is -0.201. The normalized spacial score (nSPS) is 19.2. The predicted octanol–water partition coefficient (Wildman–Crippen LogP) is 5.95. The maximum Gasteiger partial charge on any atom is 0.256 e. The molecule has 0 spiro atoms. The molecule has 0 N–H and O–H groups in total. The summed E-state index contributed by atoms with van der Waals surface area (Å²) in [6, 6.07) is 19.7. The SMILES string of the molecule is CC(C)(C)CN1C(=O)C(CC=O)OC(c2cccc3ccccc23)c2cc(Cl)ccc21. The van der Waals surface area contributed by atoms with Crippen LogP contribution in [0.5, 0.6) is 0 Å². The van der Waals surface area contributed by atoms with Gasteiger partial charge in [-0.2, -0.15) is 0 Å². The molecule has 0 bridgehead atoms. The first kappa shape index (κ1) is 21.5. The van der Waals surface area contributed by atoms with Crippen LogP contribution in [0, 0.1) is 5.41 Å². The Kier molecular flexibility index (Phi) is 5.87. The van der Waals surface area contributed by atoms with Gasteiger partial charge in [-0.1, -0.05) is 74.8 Å². The number of halogens is 1. The standard InChI is InChI=1S/C26H26ClNO3/c1-26(2,3)16-28-22-12-11-18(27)15-21(22)24(31-23(13-14-29)25(28)30)20-10-6-8-17-7-4-5-9-19(17)20/h4-12,14-15,23-24H,13,16H2,1-3H3. The van der Waals surface area contributed by atoms with Crippen LogP contribution in [0.1, 0.15) is 44.4 Å². The summed E-state index contributed by atoms with van der Waals surface area (Å²) < 4.78 is 6.40. The van der Waals surface area contributed by atoms with Crippen molar-refractivity contribution in [2.75, 3.05) is 11.4 Å². The topological polar surface area (TPSA) is 46.6 Å². The molecule has 0 aromatic heterocycles. The van der Waals surface area contributed by atoms with Gasteiger partial charge in [-0.15, -0.1) is 0 Å². The van der Waals surface area contributed by atoms with E-state index in [1.807, 2.05) is 54.6 Å². The van der Waals surface area contributed by atoms with Gasteiger partial charge >= 0.3 is 0 Å². The van der Waals surface area contributed by atoms with Crippen LogP contribution in [0.2, 0.25) is 5.02 Å². The number of benzene rings is 3. The van der Waals surface area contributed by atoms with E-state index >= 15 is 0 Å². The van der Waals surface area contributed by atoms with E-state index in [9.17, 15) is 9.59 Å². The Morgan fingerprint density at radius 3 is 2.52 bits per heavy atom.